The Morgan fingerprint density at radius 1 is 1.07 bits per heavy atom. The number of nitrogens with one attached hydrogen (secondary N) is 3. The highest BCUT2D eigenvalue weighted by atomic mass is 35.5. The lowest BCUT2D eigenvalue weighted by Crippen LogP contribution is -2.41. The number of benzene rings is 2. The van der Waals surface area contributed by atoms with Crippen LogP contribution in [-0.4, -0.2) is 27.5 Å². The van der Waals surface area contributed by atoms with Gasteiger partial charge in [0.05, 0.1) is 10.9 Å². The lowest BCUT2D eigenvalue weighted by Gasteiger charge is -2.16. The van der Waals surface area contributed by atoms with Gasteiger partial charge in [-0.05, 0) is 43.7 Å². The fraction of sp³-hybridized carbons (Fsp3) is 0.278. The van der Waals surface area contributed by atoms with Crippen molar-refractivity contribution in [1.82, 2.24) is 15.4 Å². The minimum atomic E-state index is -3.60. The van der Waals surface area contributed by atoms with E-state index in [1.807, 2.05) is 6.92 Å². The summed E-state index contributed by atoms with van der Waals surface area (Å²) in [4.78, 5) is 12.2. The molecule has 0 heterocycles. The molecule has 2 aromatic rings. The number of amides is 2. The number of rotatable bonds is 7. The molecule has 2 rings (SSSR count). The van der Waals surface area contributed by atoms with Gasteiger partial charge in [-0.15, -0.1) is 0 Å². The van der Waals surface area contributed by atoms with Crippen LogP contribution in [0.25, 0.3) is 0 Å². The van der Waals surface area contributed by atoms with E-state index >= 15 is 0 Å². The van der Waals surface area contributed by atoms with Crippen LogP contribution >= 0.6 is 23.2 Å². The zero-order valence-electron chi connectivity index (χ0n) is 14.9. The van der Waals surface area contributed by atoms with Crippen molar-refractivity contribution in [3.8, 4) is 0 Å². The quantitative estimate of drug-likeness (QED) is 0.587. The van der Waals surface area contributed by atoms with E-state index in [9.17, 15) is 13.2 Å². The number of carbonyl (C=O) groups excluding carboxylic acids is 1. The molecule has 3 N–H and O–H groups in total. The maximum absolute atomic E-state index is 12.2. The van der Waals surface area contributed by atoms with Crippen LogP contribution < -0.4 is 15.4 Å². The normalized spacial score (nSPS) is 12.4. The van der Waals surface area contributed by atoms with Gasteiger partial charge in [-0.2, -0.15) is 0 Å². The SMILES string of the molecule is Cc1ccc(S(=O)(=O)NCCNC(=O)N[C@H](C)c2ccc(Cl)cc2Cl)cc1. The van der Waals surface area contributed by atoms with Crippen molar-refractivity contribution in [2.45, 2.75) is 24.8 Å². The fourth-order valence-electron chi connectivity index (χ4n) is 2.34. The van der Waals surface area contributed by atoms with Crippen molar-refractivity contribution in [3.05, 3.63) is 63.6 Å². The third-order valence-electron chi connectivity index (χ3n) is 3.81. The van der Waals surface area contributed by atoms with E-state index in [0.717, 1.165) is 11.1 Å². The zero-order chi connectivity index (χ0) is 20.0. The smallest absolute Gasteiger partial charge is 0.315 e. The third kappa shape index (κ3) is 6.39. The molecule has 0 aliphatic rings. The molecule has 27 heavy (non-hydrogen) atoms. The van der Waals surface area contributed by atoms with E-state index in [-0.39, 0.29) is 24.0 Å². The van der Waals surface area contributed by atoms with E-state index in [2.05, 4.69) is 15.4 Å². The molecular formula is C18H21Cl2N3O3S. The number of hydrogen-bond acceptors (Lipinski definition) is 3. The van der Waals surface area contributed by atoms with Crippen LogP contribution in [0.15, 0.2) is 47.4 Å². The molecule has 0 saturated heterocycles. The Morgan fingerprint density at radius 2 is 1.74 bits per heavy atom. The number of carbonyl (C=O) groups is 1. The van der Waals surface area contributed by atoms with Crippen molar-refractivity contribution in [2.24, 2.45) is 0 Å². The largest absolute Gasteiger partial charge is 0.337 e. The zero-order valence-corrected chi connectivity index (χ0v) is 17.3. The lowest BCUT2D eigenvalue weighted by molar-refractivity contribution is 0.238. The van der Waals surface area contributed by atoms with Crippen molar-refractivity contribution in [1.29, 1.82) is 0 Å². The van der Waals surface area contributed by atoms with Crippen LogP contribution in [0.1, 0.15) is 24.1 Å². The molecule has 2 amide bonds. The molecule has 146 valence electrons. The summed E-state index contributed by atoms with van der Waals surface area (Å²) in [5, 5.41) is 6.31. The average Bonchev–Trinajstić information content (AvgIpc) is 2.59. The molecule has 6 nitrogen and oxygen atoms in total. The Bertz CT molecular complexity index is 903. The summed E-state index contributed by atoms with van der Waals surface area (Å²) in [6.45, 7) is 3.87. The highest BCUT2D eigenvalue weighted by molar-refractivity contribution is 7.89. The van der Waals surface area contributed by atoms with E-state index in [0.29, 0.717) is 10.0 Å². The Labute approximate surface area is 169 Å². The van der Waals surface area contributed by atoms with Crippen molar-refractivity contribution < 1.29 is 13.2 Å². The molecule has 0 spiro atoms. The van der Waals surface area contributed by atoms with Crippen LogP contribution in [0.5, 0.6) is 0 Å². The molecule has 0 saturated carbocycles. The number of sulfonamides is 1. The van der Waals surface area contributed by atoms with Gasteiger partial charge in [0.15, 0.2) is 0 Å². The summed E-state index contributed by atoms with van der Waals surface area (Å²) in [6.07, 6.45) is 0. The highest BCUT2D eigenvalue weighted by Gasteiger charge is 2.14. The number of halogens is 2. The molecule has 1 atom stereocenters. The Hall–Kier alpha value is -1.80. The minimum absolute atomic E-state index is 0.0692. The van der Waals surface area contributed by atoms with Gasteiger partial charge >= 0.3 is 6.03 Å². The fourth-order valence-corrected chi connectivity index (χ4v) is 3.94. The summed E-state index contributed by atoms with van der Waals surface area (Å²) < 4.78 is 26.7. The summed E-state index contributed by atoms with van der Waals surface area (Å²) >= 11 is 12.0. The maximum Gasteiger partial charge on any atom is 0.315 e. The first-order valence-corrected chi connectivity index (χ1v) is 10.5. The van der Waals surface area contributed by atoms with Gasteiger partial charge in [-0.25, -0.2) is 17.9 Å². The first-order chi connectivity index (χ1) is 12.7. The predicted molar refractivity (Wildman–Crippen MR) is 108 cm³/mol. The van der Waals surface area contributed by atoms with Gasteiger partial charge in [0.25, 0.3) is 0 Å². The van der Waals surface area contributed by atoms with Gasteiger partial charge in [-0.1, -0.05) is 47.0 Å². The second-order valence-electron chi connectivity index (χ2n) is 6.00. The second kappa shape index (κ2) is 9.41. The Balaban J connectivity index is 1.79. The third-order valence-corrected chi connectivity index (χ3v) is 5.85. The predicted octanol–water partition coefficient (Wildman–Crippen LogP) is 3.64. The van der Waals surface area contributed by atoms with Crippen LogP contribution in [0, 0.1) is 6.92 Å². The van der Waals surface area contributed by atoms with Crippen LogP contribution in [-0.2, 0) is 10.0 Å². The van der Waals surface area contributed by atoms with E-state index in [4.69, 9.17) is 23.2 Å². The van der Waals surface area contributed by atoms with Crippen LogP contribution in [0.3, 0.4) is 0 Å². The van der Waals surface area contributed by atoms with Gasteiger partial charge in [0.2, 0.25) is 10.0 Å². The Morgan fingerprint density at radius 3 is 2.37 bits per heavy atom. The summed E-state index contributed by atoms with van der Waals surface area (Å²) in [7, 11) is -3.60. The average molecular weight is 430 g/mol. The molecular weight excluding hydrogens is 409 g/mol. The standard InChI is InChI=1S/C18H21Cl2N3O3S/c1-12-3-6-15(7-4-12)27(25,26)22-10-9-21-18(24)23-13(2)16-8-5-14(19)11-17(16)20/h3-8,11,13,22H,9-10H2,1-2H3,(H2,21,23,24)/t13-/m1/s1. The molecule has 0 aliphatic carbocycles. The first kappa shape index (κ1) is 21.5. The van der Waals surface area contributed by atoms with E-state index < -0.39 is 16.1 Å². The van der Waals surface area contributed by atoms with Gasteiger partial charge < -0.3 is 10.6 Å². The topological polar surface area (TPSA) is 87.3 Å². The molecule has 0 aliphatic heterocycles. The molecule has 9 heteroatoms. The van der Waals surface area contributed by atoms with Crippen molar-refractivity contribution in [2.75, 3.05) is 13.1 Å². The molecule has 0 fully saturated rings. The molecule has 2 aromatic carbocycles. The first-order valence-electron chi connectivity index (χ1n) is 8.24. The summed E-state index contributed by atoms with van der Waals surface area (Å²) in [5.41, 5.74) is 1.71. The second-order valence-corrected chi connectivity index (χ2v) is 8.61. The maximum atomic E-state index is 12.2. The number of urea groups is 1. The summed E-state index contributed by atoms with van der Waals surface area (Å²) in [5.74, 6) is 0. The monoisotopic (exact) mass is 429 g/mol. The van der Waals surface area contributed by atoms with Gasteiger partial charge in [-0.3, -0.25) is 0 Å². The van der Waals surface area contributed by atoms with Crippen LogP contribution in [0.2, 0.25) is 10.0 Å². The number of aryl methyl sites for hydroxylation is 1. The summed E-state index contributed by atoms with van der Waals surface area (Å²) in [6, 6.07) is 10.8. The number of hydrogen-bond donors (Lipinski definition) is 3. The molecule has 0 bridgehead atoms. The van der Waals surface area contributed by atoms with E-state index in [1.54, 1.807) is 37.3 Å². The molecule has 0 unspecified atom stereocenters. The van der Waals surface area contributed by atoms with Crippen LogP contribution in [0.4, 0.5) is 4.79 Å². The van der Waals surface area contributed by atoms with E-state index in [1.165, 1.54) is 12.1 Å². The van der Waals surface area contributed by atoms with Gasteiger partial charge in [0.1, 0.15) is 0 Å². The minimum Gasteiger partial charge on any atom is -0.337 e. The lowest BCUT2D eigenvalue weighted by atomic mass is 10.1. The van der Waals surface area contributed by atoms with Crippen molar-refractivity contribution >= 4 is 39.3 Å². The van der Waals surface area contributed by atoms with Crippen molar-refractivity contribution in [3.63, 3.8) is 0 Å². The Kier molecular flexibility index (Phi) is 7.49. The van der Waals surface area contributed by atoms with Gasteiger partial charge in [0, 0.05) is 23.1 Å². The molecule has 0 radical (unpaired) electrons. The highest BCUT2D eigenvalue weighted by Crippen LogP contribution is 2.25. The molecule has 0 aromatic heterocycles.